The molecule has 0 spiro atoms. The van der Waals surface area contributed by atoms with Crippen molar-refractivity contribution in [2.24, 2.45) is 0 Å². The smallest absolute Gasteiger partial charge is 0.240 e. The normalized spacial score (nSPS) is 24.7. The van der Waals surface area contributed by atoms with Crippen LogP contribution in [0.25, 0.3) is 0 Å². The van der Waals surface area contributed by atoms with Gasteiger partial charge in [0.25, 0.3) is 0 Å². The highest BCUT2D eigenvalue weighted by atomic mass is 16.5. The summed E-state index contributed by atoms with van der Waals surface area (Å²) < 4.78 is 5.47. The van der Waals surface area contributed by atoms with Crippen LogP contribution in [0.4, 0.5) is 0 Å². The van der Waals surface area contributed by atoms with Crippen LogP contribution >= 0.6 is 0 Å². The van der Waals surface area contributed by atoms with Crippen molar-refractivity contribution in [3.63, 3.8) is 0 Å². The summed E-state index contributed by atoms with van der Waals surface area (Å²) in [6.45, 7) is 7.48. The molecular formula is C23H33N3O3. The van der Waals surface area contributed by atoms with Crippen molar-refractivity contribution in [1.82, 2.24) is 14.7 Å². The molecule has 0 aliphatic carbocycles. The predicted octanol–water partition coefficient (Wildman–Crippen LogP) is 1.85. The third-order valence-electron chi connectivity index (χ3n) is 6.66. The van der Waals surface area contributed by atoms with Crippen LogP contribution < -0.4 is 0 Å². The Balaban J connectivity index is 1.29. The van der Waals surface area contributed by atoms with Gasteiger partial charge in [-0.15, -0.1) is 0 Å². The number of ether oxygens (including phenoxy) is 1. The SMILES string of the molecule is Cc1ccc(CC(=O)N2CCN(C3CCCN(C4CCOCC4)C3=O)CC2)cc1. The molecule has 1 aromatic carbocycles. The minimum absolute atomic E-state index is 0.0130. The zero-order valence-corrected chi connectivity index (χ0v) is 17.5. The average Bonchev–Trinajstić information content (AvgIpc) is 2.76. The van der Waals surface area contributed by atoms with Gasteiger partial charge in [-0.05, 0) is 38.2 Å². The molecule has 0 N–H and O–H groups in total. The van der Waals surface area contributed by atoms with Gasteiger partial charge in [-0.25, -0.2) is 0 Å². The number of hydrogen-bond donors (Lipinski definition) is 0. The number of piperazine rings is 1. The lowest BCUT2D eigenvalue weighted by Crippen LogP contribution is -2.60. The fraction of sp³-hybridized carbons (Fsp3) is 0.652. The second kappa shape index (κ2) is 9.26. The lowest BCUT2D eigenvalue weighted by molar-refractivity contribution is -0.146. The van der Waals surface area contributed by atoms with Gasteiger partial charge in [0.15, 0.2) is 0 Å². The number of piperidine rings is 1. The Morgan fingerprint density at radius 3 is 2.38 bits per heavy atom. The highest BCUT2D eigenvalue weighted by Gasteiger charge is 2.38. The molecule has 6 heteroatoms. The Kier molecular flexibility index (Phi) is 6.50. The molecule has 1 aromatic rings. The monoisotopic (exact) mass is 399 g/mol. The molecule has 3 heterocycles. The molecule has 29 heavy (non-hydrogen) atoms. The number of nitrogens with zero attached hydrogens (tertiary/aromatic N) is 3. The van der Waals surface area contributed by atoms with Gasteiger partial charge < -0.3 is 14.5 Å². The van der Waals surface area contributed by atoms with Crippen LogP contribution in [-0.2, 0) is 20.7 Å². The van der Waals surface area contributed by atoms with E-state index in [9.17, 15) is 9.59 Å². The molecule has 0 aromatic heterocycles. The van der Waals surface area contributed by atoms with E-state index in [4.69, 9.17) is 4.74 Å². The summed E-state index contributed by atoms with van der Waals surface area (Å²) >= 11 is 0. The number of benzene rings is 1. The fourth-order valence-corrected chi connectivity index (χ4v) is 4.85. The highest BCUT2D eigenvalue weighted by molar-refractivity contribution is 5.83. The third-order valence-corrected chi connectivity index (χ3v) is 6.66. The van der Waals surface area contributed by atoms with E-state index in [2.05, 4.69) is 28.9 Å². The second-order valence-corrected chi connectivity index (χ2v) is 8.61. The fourth-order valence-electron chi connectivity index (χ4n) is 4.85. The van der Waals surface area contributed by atoms with E-state index < -0.39 is 0 Å². The molecule has 1 unspecified atom stereocenters. The number of rotatable bonds is 4. The zero-order chi connectivity index (χ0) is 20.2. The topological polar surface area (TPSA) is 53.1 Å². The summed E-state index contributed by atoms with van der Waals surface area (Å²) in [6, 6.07) is 8.51. The maximum absolute atomic E-state index is 13.2. The summed E-state index contributed by atoms with van der Waals surface area (Å²) in [6.07, 6.45) is 4.38. The van der Waals surface area contributed by atoms with E-state index >= 15 is 0 Å². The summed E-state index contributed by atoms with van der Waals surface area (Å²) in [5, 5.41) is 0. The number of aryl methyl sites for hydroxylation is 1. The standard InChI is InChI=1S/C23H33N3O3/c1-18-4-6-19(7-5-18)17-22(27)25-13-11-24(12-14-25)21-3-2-10-26(23(21)28)20-8-15-29-16-9-20/h4-7,20-21H,2-3,8-17H2,1H3. The number of carbonyl (C=O) groups is 2. The number of amides is 2. The maximum Gasteiger partial charge on any atom is 0.240 e. The van der Waals surface area contributed by atoms with E-state index in [0.29, 0.717) is 31.5 Å². The third kappa shape index (κ3) is 4.81. The van der Waals surface area contributed by atoms with Gasteiger partial charge in [0, 0.05) is 52.0 Å². The Bertz CT molecular complexity index is 707. The van der Waals surface area contributed by atoms with Crippen molar-refractivity contribution >= 4 is 11.8 Å². The molecule has 2 amide bonds. The molecule has 3 aliphatic rings. The maximum atomic E-state index is 13.2. The van der Waals surface area contributed by atoms with E-state index in [-0.39, 0.29) is 11.9 Å². The van der Waals surface area contributed by atoms with Gasteiger partial charge in [0.2, 0.25) is 11.8 Å². The summed E-state index contributed by atoms with van der Waals surface area (Å²) in [7, 11) is 0. The Morgan fingerprint density at radius 2 is 1.69 bits per heavy atom. The first kappa shape index (κ1) is 20.4. The first-order valence-corrected chi connectivity index (χ1v) is 11.1. The van der Waals surface area contributed by atoms with Crippen LogP contribution in [0, 0.1) is 6.92 Å². The molecular weight excluding hydrogens is 366 g/mol. The highest BCUT2D eigenvalue weighted by Crippen LogP contribution is 2.24. The molecule has 3 saturated heterocycles. The van der Waals surface area contributed by atoms with E-state index in [1.54, 1.807) is 0 Å². The lowest BCUT2D eigenvalue weighted by Gasteiger charge is -2.45. The van der Waals surface area contributed by atoms with Crippen LogP contribution in [0.1, 0.15) is 36.8 Å². The molecule has 0 bridgehead atoms. The largest absolute Gasteiger partial charge is 0.381 e. The Hall–Kier alpha value is -1.92. The van der Waals surface area contributed by atoms with Gasteiger partial charge in [-0.2, -0.15) is 0 Å². The van der Waals surface area contributed by atoms with Crippen molar-refractivity contribution in [2.75, 3.05) is 45.9 Å². The number of carbonyl (C=O) groups excluding carboxylic acids is 2. The molecule has 1 atom stereocenters. The summed E-state index contributed by atoms with van der Waals surface area (Å²) in [5.41, 5.74) is 2.28. The summed E-state index contributed by atoms with van der Waals surface area (Å²) in [4.78, 5) is 32.2. The zero-order valence-electron chi connectivity index (χ0n) is 17.5. The van der Waals surface area contributed by atoms with E-state index in [0.717, 1.165) is 64.1 Å². The minimum atomic E-state index is -0.0130. The van der Waals surface area contributed by atoms with Crippen LogP contribution in [-0.4, -0.2) is 84.5 Å². The van der Waals surface area contributed by atoms with Crippen LogP contribution in [0.15, 0.2) is 24.3 Å². The lowest BCUT2D eigenvalue weighted by atomic mass is 9.97. The Labute approximate surface area is 173 Å². The van der Waals surface area contributed by atoms with E-state index in [1.165, 1.54) is 5.56 Å². The van der Waals surface area contributed by atoms with Crippen molar-refractivity contribution in [2.45, 2.75) is 51.1 Å². The van der Waals surface area contributed by atoms with Gasteiger partial charge in [-0.1, -0.05) is 29.8 Å². The number of likely N-dealkylation sites (tertiary alicyclic amines) is 1. The predicted molar refractivity (Wildman–Crippen MR) is 112 cm³/mol. The number of hydrogen-bond acceptors (Lipinski definition) is 4. The Morgan fingerprint density at radius 1 is 1.00 bits per heavy atom. The van der Waals surface area contributed by atoms with Crippen molar-refractivity contribution in [1.29, 1.82) is 0 Å². The van der Waals surface area contributed by atoms with Gasteiger partial charge in [-0.3, -0.25) is 14.5 Å². The van der Waals surface area contributed by atoms with Gasteiger partial charge >= 0.3 is 0 Å². The average molecular weight is 400 g/mol. The molecule has 4 rings (SSSR count). The molecule has 0 radical (unpaired) electrons. The molecule has 3 fully saturated rings. The van der Waals surface area contributed by atoms with Crippen molar-refractivity contribution < 1.29 is 14.3 Å². The van der Waals surface area contributed by atoms with Crippen LogP contribution in [0.2, 0.25) is 0 Å². The van der Waals surface area contributed by atoms with Crippen LogP contribution in [0.5, 0.6) is 0 Å². The van der Waals surface area contributed by atoms with Crippen LogP contribution in [0.3, 0.4) is 0 Å². The van der Waals surface area contributed by atoms with Gasteiger partial charge in [0.1, 0.15) is 0 Å². The van der Waals surface area contributed by atoms with E-state index in [1.807, 2.05) is 17.0 Å². The summed E-state index contributed by atoms with van der Waals surface area (Å²) in [5.74, 6) is 0.481. The molecule has 3 aliphatic heterocycles. The van der Waals surface area contributed by atoms with Crippen molar-refractivity contribution in [3.05, 3.63) is 35.4 Å². The first-order chi connectivity index (χ1) is 14.1. The second-order valence-electron chi connectivity index (χ2n) is 8.61. The molecule has 6 nitrogen and oxygen atoms in total. The minimum Gasteiger partial charge on any atom is -0.381 e. The van der Waals surface area contributed by atoms with Gasteiger partial charge in [0.05, 0.1) is 12.5 Å². The molecule has 158 valence electrons. The first-order valence-electron chi connectivity index (χ1n) is 11.1. The molecule has 0 saturated carbocycles. The van der Waals surface area contributed by atoms with Crippen molar-refractivity contribution in [3.8, 4) is 0 Å². The quantitative estimate of drug-likeness (QED) is 0.776.